The van der Waals surface area contributed by atoms with Crippen LogP contribution in [0.15, 0.2) is 46.0 Å². The second-order valence-corrected chi connectivity index (χ2v) is 7.19. The first kappa shape index (κ1) is 21.2. The van der Waals surface area contributed by atoms with Gasteiger partial charge in [-0.3, -0.25) is 4.79 Å². The summed E-state index contributed by atoms with van der Waals surface area (Å²) in [5, 5.41) is 2.42. The zero-order valence-corrected chi connectivity index (χ0v) is 16.3. The van der Waals surface area contributed by atoms with Gasteiger partial charge in [-0.1, -0.05) is 0 Å². The van der Waals surface area contributed by atoms with E-state index in [1.54, 1.807) is 6.07 Å². The minimum Gasteiger partial charge on any atom is -0.385 e. The van der Waals surface area contributed by atoms with Gasteiger partial charge >= 0.3 is 6.18 Å². The van der Waals surface area contributed by atoms with Gasteiger partial charge in [0.1, 0.15) is 24.0 Å². The summed E-state index contributed by atoms with van der Waals surface area (Å²) in [5.74, 6) is -2.18. The largest absolute Gasteiger partial charge is 0.418 e. The van der Waals surface area contributed by atoms with Gasteiger partial charge in [0.05, 0.1) is 6.61 Å². The van der Waals surface area contributed by atoms with Gasteiger partial charge in [-0.2, -0.15) is 13.2 Å². The molecule has 1 atom stereocenters. The molecule has 0 aliphatic carbocycles. The number of nitrogens with zero attached hydrogens (tertiary/aromatic N) is 2. The fourth-order valence-electron chi connectivity index (χ4n) is 2.91. The molecule has 154 valence electrons. The number of pyridine rings is 1. The lowest BCUT2D eigenvalue weighted by atomic mass is 9.85. The maximum Gasteiger partial charge on any atom is 0.418 e. The molecule has 3 rings (SSSR count). The minimum atomic E-state index is -4.94. The number of ether oxygens (including phenoxy) is 1. The van der Waals surface area contributed by atoms with E-state index in [-0.39, 0.29) is 24.6 Å². The molecule has 1 amide bonds. The van der Waals surface area contributed by atoms with E-state index in [2.05, 4.69) is 31.2 Å². The van der Waals surface area contributed by atoms with Crippen LogP contribution in [0.25, 0.3) is 0 Å². The molecule has 1 aromatic heterocycles. The first-order valence-corrected chi connectivity index (χ1v) is 9.13. The number of alkyl halides is 3. The Balaban J connectivity index is 2.02. The van der Waals surface area contributed by atoms with Gasteiger partial charge in [0.15, 0.2) is 5.54 Å². The molecule has 2 aromatic rings. The number of nitrogens with one attached hydrogen (secondary N) is 1. The highest BCUT2D eigenvalue weighted by atomic mass is 79.9. The summed E-state index contributed by atoms with van der Waals surface area (Å²) in [6.07, 6.45) is -4.20. The number of aromatic nitrogens is 1. The Hall–Kier alpha value is -2.53. The van der Waals surface area contributed by atoms with Crippen molar-refractivity contribution in [3.8, 4) is 0 Å². The third-order valence-electron chi connectivity index (χ3n) is 4.29. The molecule has 0 saturated heterocycles. The lowest BCUT2D eigenvalue weighted by Crippen LogP contribution is -2.43. The van der Waals surface area contributed by atoms with Crippen molar-refractivity contribution >= 4 is 33.4 Å². The predicted octanol–water partition coefficient (Wildman–Crippen LogP) is 3.77. The van der Waals surface area contributed by atoms with E-state index in [1.165, 1.54) is 12.3 Å². The van der Waals surface area contributed by atoms with Crippen molar-refractivity contribution in [1.82, 2.24) is 4.98 Å². The Morgan fingerprint density at radius 3 is 2.69 bits per heavy atom. The van der Waals surface area contributed by atoms with E-state index < -0.39 is 41.3 Å². The normalized spacial score (nSPS) is 20.0. The first-order valence-electron chi connectivity index (χ1n) is 8.34. The van der Waals surface area contributed by atoms with Gasteiger partial charge in [0.2, 0.25) is 0 Å². The van der Waals surface area contributed by atoms with E-state index in [9.17, 15) is 22.4 Å². The molecule has 0 fully saturated rings. The highest BCUT2D eigenvalue weighted by molar-refractivity contribution is 9.10. The van der Waals surface area contributed by atoms with Crippen LogP contribution in [-0.4, -0.2) is 36.1 Å². The summed E-state index contributed by atoms with van der Waals surface area (Å²) < 4.78 is 62.3. The molecule has 2 heterocycles. The molecule has 1 unspecified atom stereocenters. The molecule has 6 nitrogen and oxygen atoms in total. The Kier molecular flexibility index (Phi) is 5.90. The first-order chi connectivity index (χ1) is 13.6. The topological polar surface area (TPSA) is 89.6 Å². The molecular formula is C18H15BrF4N4O2. The average molecular weight is 475 g/mol. The van der Waals surface area contributed by atoms with Crippen LogP contribution in [0.3, 0.4) is 0 Å². The van der Waals surface area contributed by atoms with E-state index >= 15 is 0 Å². The predicted molar refractivity (Wildman–Crippen MR) is 101 cm³/mol. The van der Waals surface area contributed by atoms with E-state index in [0.717, 1.165) is 18.2 Å². The maximum absolute atomic E-state index is 14.5. The SMILES string of the molecule is NC1=NC(c2cc(NC(=O)c3ccc(Br)cn3)ccc2F)(C(F)(F)F)CCOC1. The number of aliphatic imine (C=N–C) groups is 1. The summed E-state index contributed by atoms with van der Waals surface area (Å²) in [5.41, 5.74) is 1.84. The zero-order valence-electron chi connectivity index (χ0n) is 14.8. The number of nitrogens with two attached hydrogens (primary N) is 1. The fraction of sp³-hybridized carbons (Fsp3) is 0.278. The number of benzene rings is 1. The van der Waals surface area contributed by atoms with Crippen LogP contribution >= 0.6 is 15.9 Å². The second-order valence-electron chi connectivity index (χ2n) is 6.27. The van der Waals surface area contributed by atoms with E-state index in [4.69, 9.17) is 10.5 Å². The Labute approximate surface area is 171 Å². The maximum atomic E-state index is 14.5. The van der Waals surface area contributed by atoms with Crippen LogP contribution in [0.1, 0.15) is 22.5 Å². The van der Waals surface area contributed by atoms with Crippen molar-refractivity contribution < 1.29 is 27.1 Å². The molecule has 0 spiro atoms. The quantitative estimate of drug-likeness (QED) is 0.662. The van der Waals surface area contributed by atoms with Crippen molar-refractivity contribution in [2.75, 3.05) is 18.5 Å². The third kappa shape index (κ3) is 4.40. The molecule has 1 aliphatic heterocycles. The number of amides is 1. The van der Waals surface area contributed by atoms with Gasteiger partial charge in [0, 0.05) is 28.3 Å². The number of halogens is 5. The minimum absolute atomic E-state index is 0.0368. The molecule has 0 bridgehead atoms. The van der Waals surface area contributed by atoms with Crippen LogP contribution in [-0.2, 0) is 10.3 Å². The number of carbonyl (C=O) groups is 1. The smallest absolute Gasteiger partial charge is 0.385 e. The van der Waals surface area contributed by atoms with Crippen LogP contribution in [0.5, 0.6) is 0 Å². The number of carbonyl (C=O) groups excluding carboxylic acids is 1. The Bertz CT molecular complexity index is 950. The van der Waals surface area contributed by atoms with Gasteiger partial charge in [-0.05, 0) is 46.3 Å². The van der Waals surface area contributed by atoms with Crippen molar-refractivity contribution in [3.63, 3.8) is 0 Å². The van der Waals surface area contributed by atoms with Gasteiger partial charge in [0.25, 0.3) is 5.91 Å². The van der Waals surface area contributed by atoms with Crippen LogP contribution in [0, 0.1) is 5.82 Å². The van der Waals surface area contributed by atoms with Crippen molar-refractivity contribution in [3.05, 3.63) is 58.1 Å². The molecule has 3 N–H and O–H groups in total. The molecule has 11 heteroatoms. The van der Waals surface area contributed by atoms with Crippen LogP contribution in [0.4, 0.5) is 23.2 Å². The highest BCUT2D eigenvalue weighted by Gasteiger charge is 2.58. The molecule has 0 saturated carbocycles. The van der Waals surface area contributed by atoms with E-state index in [1.807, 2.05) is 0 Å². The molecule has 29 heavy (non-hydrogen) atoms. The van der Waals surface area contributed by atoms with Gasteiger partial charge in [-0.15, -0.1) is 0 Å². The average Bonchev–Trinajstić information content (AvgIpc) is 2.86. The van der Waals surface area contributed by atoms with Gasteiger partial charge in [-0.25, -0.2) is 14.4 Å². The molecule has 1 aliphatic rings. The fourth-order valence-corrected chi connectivity index (χ4v) is 3.14. The summed E-state index contributed by atoms with van der Waals surface area (Å²) in [7, 11) is 0. The third-order valence-corrected chi connectivity index (χ3v) is 4.76. The van der Waals surface area contributed by atoms with Crippen LogP contribution < -0.4 is 11.1 Å². The Morgan fingerprint density at radius 2 is 2.03 bits per heavy atom. The lowest BCUT2D eigenvalue weighted by molar-refractivity contribution is -0.193. The summed E-state index contributed by atoms with van der Waals surface area (Å²) in [4.78, 5) is 19.8. The molecular weight excluding hydrogens is 460 g/mol. The lowest BCUT2D eigenvalue weighted by Gasteiger charge is -2.32. The highest BCUT2D eigenvalue weighted by Crippen LogP contribution is 2.47. The summed E-state index contributed by atoms with van der Waals surface area (Å²) >= 11 is 3.18. The summed E-state index contributed by atoms with van der Waals surface area (Å²) in [6.45, 7) is -0.604. The number of amidine groups is 1. The number of anilines is 1. The number of hydrogen-bond donors (Lipinski definition) is 2. The monoisotopic (exact) mass is 474 g/mol. The molecule has 0 radical (unpaired) electrons. The van der Waals surface area contributed by atoms with Crippen molar-refractivity contribution in [2.24, 2.45) is 10.7 Å². The Morgan fingerprint density at radius 1 is 1.28 bits per heavy atom. The van der Waals surface area contributed by atoms with E-state index in [0.29, 0.717) is 4.47 Å². The van der Waals surface area contributed by atoms with Crippen LogP contribution in [0.2, 0.25) is 0 Å². The number of rotatable bonds is 3. The molecule has 1 aromatic carbocycles. The zero-order chi connectivity index (χ0) is 21.2. The van der Waals surface area contributed by atoms with Crippen molar-refractivity contribution in [1.29, 1.82) is 0 Å². The summed E-state index contributed by atoms with van der Waals surface area (Å²) in [6, 6.07) is 5.90. The second kappa shape index (κ2) is 8.07. The van der Waals surface area contributed by atoms with Gasteiger partial charge < -0.3 is 15.8 Å². The van der Waals surface area contributed by atoms with Crippen molar-refractivity contribution in [2.45, 2.75) is 18.1 Å². The number of hydrogen-bond acceptors (Lipinski definition) is 5. The standard InChI is InChI=1S/C18H15BrF4N4O2/c19-10-1-4-14(25-8-10)16(28)26-11-2-3-13(20)12(7-11)17(18(21,22)23)5-6-29-9-15(24)27-17/h1-4,7-8H,5-6,9H2,(H2,24,27)(H,26,28).